The van der Waals surface area contributed by atoms with Gasteiger partial charge in [-0.25, -0.2) is 0 Å². The fourth-order valence-electron chi connectivity index (χ4n) is 0.783. The number of carbonyl (C=O) groups excluding carboxylic acids is 2. The molecule has 0 heterocycles. The molecule has 0 spiro atoms. The zero-order valence-electron chi connectivity index (χ0n) is 6.52. The number of quaternary nitrogens is 1. The Morgan fingerprint density at radius 1 is 1.33 bits per heavy atom. The van der Waals surface area contributed by atoms with Crippen LogP contribution in [0.25, 0.3) is 0 Å². The SMILES string of the molecule is CN([NH2+]O)C1=CC(=O)C(=O)C=C1. The second kappa shape index (κ2) is 3.29. The molecule has 0 bridgehead atoms. The number of nitrogens with two attached hydrogens (primary N) is 1. The molecule has 1 aliphatic carbocycles. The maximum absolute atomic E-state index is 10.8. The number of hydrogen-bond donors (Lipinski definition) is 2. The summed E-state index contributed by atoms with van der Waals surface area (Å²) in [5.41, 5.74) is 1.31. The summed E-state index contributed by atoms with van der Waals surface area (Å²) in [4.78, 5) is 21.5. The number of allylic oxidation sites excluding steroid dienone is 3. The van der Waals surface area contributed by atoms with Crippen molar-refractivity contribution >= 4 is 11.6 Å². The maximum atomic E-state index is 10.8. The van der Waals surface area contributed by atoms with Crippen molar-refractivity contribution in [3.8, 4) is 0 Å². The van der Waals surface area contributed by atoms with Crippen molar-refractivity contribution in [2.75, 3.05) is 7.05 Å². The van der Waals surface area contributed by atoms with Gasteiger partial charge in [0.25, 0.3) is 0 Å². The van der Waals surface area contributed by atoms with Crippen LogP contribution in [0.5, 0.6) is 0 Å². The van der Waals surface area contributed by atoms with Crippen molar-refractivity contribution in [2.45, 2.75) is 0 Å². The molecule has 0 atom stereocenters. The number of nitrogens with zero attached hydrogens (tertiary/aromatic N) is 1. The van der Waals surface area contributed by atoms with Gasteiger partial charge >= 0.3 is 0 Å². The average molecular weight is 169 g/mol. The van der Waals surface area contributed by atoms with E-state index in [4.69, 9.17) is 5.21 Å². The first-order valence-electron chi connectivity index (χ1n) is 3.33. The fraction of sp³-hybridized carbons (Fsp3) is 0.143. The first-order chi connectivity index (χ1) is 5.65. The fourth-order valence-corrected chi connectivity index (χ4v) is 0.783. The zero-order valence-corrected chi connectivity index (χ0v) is 6.52. The molecular formula is C7H9N2O3+. The lowest BCUT2D eigenvalue weighted by Crippen LogP contribution is -2.89. The molecule has 0 amide bonds. The third-order valence-electron chi connectivity index (χ3n) is 1.51. The van der Waals surface area contributed by atoms with Gasteiger partial charge in [0.2, 0.25) is 11.6 Å². The maximum Gasteiger partial charge on any atom is 0.227 e. The Hall–Kier alpha value is -1.46. The summed E-state index contributed by atoms with van der Waals surface area (Å²) in [6, 6.07) is 0. The Bertz CT molecular complexity index is 280. The monoisotopic (exact) mass is 169 g/mol. The number of carbonyl (C=O) groups is 2. The highest BCUT2D eigenvalue weighted by atomic mass is 16.5. The Kier molecular flexibility index (Phi) is 2.37. The lowest BCUT2D eigenvalue weighted by molar-refractivity contribution is -0.984. The third kappa shape index (κ3) is 1.58. The zero-order chi connectivity index (χ0) is 9.14. The van der Waals surface area contributed by atoms with Gasteiger partial charge in [-0.2, -0.15) is 10.2 Å². The van der Waals surface area contributed by atoms with Gasteiger partial charge in [-0.3, -0.25) is 9.59 Å². The molecular weight excluding hydrogens is 160 g/mol. The van der Waals surface area contributed by atoms with Crippen molar-refractivity contribution in [1.82, 2.24) is 5.01 Å². The van der Waals surface area contributed by atoms with Crippen LogP contribution < -0.4 is 5.59 Å². The van der Waals surface area contributed by atoms with Crippen LogP contribution in [-0.2, 0) is 9.59 Å². The highest BCUT2D eigenvalue weighted by Crippen LogP contribution is 2.04. The van der Waals surface area contributed by atoms with Crippen LogP contribution in [0.4, 0.5) is 0 Å². The summed E-state index contributed by atoms with van der Waals surface area (Å²) in [6.07, 6.45) is 3.82. The lowest BCUT2D eigenvalue weighted by Gasteiger charge is -2.13. The van der Waals surface area contributed by atoms with E-state index in [0.717, 1.165) is 5.59 Å². The second-order valence-electron chi connectivity index (χ2n) is 2.36. The minimum Gasteiger partial charge on any atom is -0.286 e. The smallest absolute Gasteiger partial charge is 0.227 e. The number of likely N-dealkylation sites (N-methyl/N-ethyl adjacent to an activating group) is 1. The molecule has 1 aliphatic rings. The molecule has 0 unspecified atom stereocenters. The van der Waals surface area contributed by atoms with Crippen LogP contribution in [-0.4, -0.2) is 28.8 Å². The van der Waals surface area contributed by atoms with Crippen molar-refractivity contribution in [3.05, 3.63) is 23.9 Å². The number of hydrogen-bond acceptors (Lipinski definition) is 4. The topological polar surface area (TPSA) is 74.2 Å². The quantitative estimate of drug-likeness (QED) is 0.225. The third-order valence-corrected chi connectivity index (χ3v) is 1.51. The van der Waals surface area contributed by atoms with Gasteiger partial charge in [0.05, 0.1) is 12.7 Å². The predicted molar refractivity (Wildman–Crippen MR) is 38.7 cm³/mol. The lowest BCUT2D eigenvalue weighted by atomic mass is 10.1. The highest BCUT2D eigenvalue weighted by molar-refractivity contribution is 6.46. The largest absolute Gasteiger partial charge is 0.286 e. The normalized spacial score (nSPS) is 16.3. The minimum atomic E-state index is -0.568. The number of ketones is 2. The summed E-state index contributed by atoms with van der Waals surface area (Å²) in [5.74, 6) is -1.11. The molecule has 0 aromatic heterocycles. The van der Waals surface area contributed by atoms with Crippen LogP contribution in [0.3, 0.4) is 0 Å². The molecule has 0 saturated carbocycles. The van der Waals surface area contributed by atoms with E-state index in [-0.39, 0.29) is 0 Å². The molecule has 0 radical (unpaired) electrons. The van der Waals surface area contributed by atoms with Crippen molar-refractivity contribution in [3.63, 3.8) is 0 Å². The van der Waals surface area contributed by atoms with Gasteiger partial charge < -0.3 is 0 Å². The van der Waals surface area contributed by atoms with Crippen LogP contribution in [0.15, 0.2) is 23.9 Å². The molecule has 64 valence electrons. The van der Waals surface area contributed by atoms with E-state index >= 15 is 0 Å². The average Bonchev–Trinajstić information content (AvgIpc) is 2.08. The van der Waals surface area contributed by atoms with Crippen molar-refractivity contribution in [2.24, 2.45) is 0 Å². The van der Waals surface area contributed by atoms with Crippen LogP contribution in [0, 0.1) is 0 Å². The van der Waals surface area contributed by atoms with E-state index in [2.05, 4.69) is 0 Å². The standard InChI is InChI=1S/C7H8N2O3/c1-9(8-12)5-2-3-6(10)7(11)4-5/h2-4,8,12H,1H3/p+1. The molecule has 3 N–H and O–H groups in total. The van der Waals surface area contributed by atoms with Gasteiger partial charge in [-0.1, -0.05) is 0 Å². The molecule has 0 aromatic carbocycles. The Balaban J connectivity index is 2.83. The molecule has 0 aromatic rings. The molecule has 5 heteroatoms. The number of rotatable bonds is 2. The van der Waals surface area contributed by atoms with Gasteiger partial charge in [-0.15, -0.1) is 5.59 Å². The van der Waals surface area contributed by atoms with Gasteiger partial charge in [0.1, 0.15) is 0 Å². The van der Waals surface area contributed by atoms with Crippen LogP contribution in [0.1, 0.15) is 0 Å². The molecule has 12 heavy (non-hydrogen) atoms. The van der Waals surface area contributed by atoms with E-state index in [0.29, 0.717) is 5.70 Å². The van der Waals surface area contributed by atoms with Crippen LogP contribution in [0.2, 0.25) is 0 Å². The molecule has 1 rings (SSSR count). The summed E-state index contributed by atoms with van der Waals surface area (Å²) in [5, 5.41) is 9.90. The summed E-state index contributed by atoms with van der Waals surface area (Å²) < 4.78 is 0. The Labute approximate surface area is 68.9 Å². The van der Waals surface area contributed by atoms with E-state index in [9.17, 15) is 9.59 Å². The molecule has 0 fully saturated rings. The minimum absolute atomic E-state index is 0.488. The first-order valence-corrected chi connectivity index (χ1v) is 3.33. The molecule has 5 nitrogen and oxygen atoms in total. The van der Waals surface area contributed by atoms with E-state index in [1.807, 2.05) is 0 Å². The Morgan fingerprint density at radius 3 is 2.50 bits per heavy atom. The highest BCUT2D eigenvalue weighted by Gasteiger charge is 2.16. The summed E-state index contributed by atoms with van der Waals surface area (Å²) >= 11 is 0. The summed E-state index contributed by atoms with van der Waals surface area (Å²) in [6.45, 7) is 0. The van der Waals surface area contributed by atoms with Gasteiger partial charge in [0, 0.05) is 6.08 Å². The van der Waals surface area contributed by atoms with Crippen molar-refractivity contribution < 1.29 is 20.4 Å². The van der Waals surface area contributed by atoms with E-state index in [1.165, 1.54) is 23.2 Å². The first kappa shape index (κ1) is 8.63. The van der Waals surface area contributed by atoms with Gasteiger partial charge in [0.15, 0.2) is 0 Å². The second-order valence-corrected chi connectivity index (χ2v) is 2.36. The van der Waals surface area contributed by atoms with E-state index < -0.39 is 11.6 Å². The summed E-state index contributed by atoms with van der Waals surface area (Å²) in [7, 11) is 1.57. The van der Waals surface area contributed by atoms with E-state index in [1.54, 1.807) is 7.05 Å². The van der Waals surface area contributed by atoms with Crippen molar-refractivity contribution in [1.29, 1.82) is 0 Å². The molecule has 0 saturated heterocycles. The predicted octanol–water partition coefficient (Wildman–Crippen LogP) is -1.62. The molecule has 0 aliphatic heterocycles. The van der Waals surface area contributed by atoms with Crippen LogP contribution >= 0.6 is 0 Å². The van der Waals surface area contributed by atoms with Gasteiger partial charge in [-0.05, 0) is 12.2 Å². The Morgan fingerprint density at radius 2 is 2.00 bits per heavy atom.